The molecule has 13 heavy (non-hydrogen) atoms. The van der Waals surface area contributed by atoms with E-state index in [1.165, 1.54) is 6.92 Å². The molecular weight excluding hydrogens is 168 g/mol. The zero-order valence-corrected chi connectivity index (χ0v) is 7.59. The Hall–Kier alpha value is -1.51. The Morgan fingerprint density at radius 3 is 2.85 bits per heavy atom. The second-order valence-electron chi connectivity index (χ2n) is 3.05. The fourth-order valence-corrected chi connectivity index (χ4v) is 1.51. The van der Waals surface area contributed by atoms with Crippen LogP contribution in [0.25, 0.3) is 0 Å². The molecule has 1 heterocycles. The number of carbonyl (C=O) groups excluding carboxylic acids is 1. The summed E-state index contributed by atoms with van der Waals surface area (Å²) in [5.74, 6) is 1.27. The van der Waals surface area contributed by atoms with E-state index in [0.717, 1.165) is 5.56 Å². The van der Waals surface area contributed by atoms with Crippen molar-refractivity contribution in [2.45, 2.75) is 13.8 Å². The van der Waals surface area contributed by atoms with Crippen molar-refractivity contribution in [3.63, 3.8) is 0 Å². The molecule has 0 radical (unpaired) electrons. The van der Waals surface area contributed by atoms with Crippen LogP contribution in [-0.2, 0) is 0 Å². The highest BCUT2D eigenvalue weighted by atomic mass is 16.7. The van der Waals surface area contributed by atoms with Gasteiger partial charge in [-0.2, -0.15) is 0 Å². The monoisotopic (exact) mass is 178 g/mol. The Labute approximate surface area is 76.3 Å². The van der Waals surface area contributed by atoms with Gasteiger partial charge in [0.2, 0.25) is 6.79 Å². The van der Waals surface area contributed by atoms with Crippen LogP contribution in [0.3, 0.4) is 0 Å². The molecule has 0 aromatic heterocycles. The van der Waals surface area contributed by atoms with Crippen LogP contribution in [0, 0.1) is 6.92 Å². The maximum absolute atomic E-state index is 11.3. The number of ether oxygens (including phenoxy) is 2. The molecule has 1 aromatic rings. The summed E-state index contributed by atoms with van der Waals surface area (Å²) in [4.78, 5) is 11.3. The van der Waals surface area contributed by atoms with Gasteiger partial charge in [-0.25, -0.2) is 0 Å². The van der Waals surface area contributed by atoms with Crippen molar-refractivity contribution < 1.29 is 14.3 Å². The summed E-state index contributed by atoms with van der Waals surface area (Å²) in [7, 11) is 0. The van der Waals surface area contributed by atoms with Gasteiger partial charge in [0, 0.05) is 0 Å². The smallest absolute Gasteiger partial charge is 0.231 e. The molecule has 0 atom stereocenters. The Balaban J connectivity index is 2.65. The predicted octanol–water partition coefficient (Wildman–Crippen LogP) is 1.93. The van der Waals surface area contributed by atoms with E-state index in [9.17, 15) is 4.79 Å². The first-order valence-corrected chi connectivity index (χ1v) is 4.10. The molecule has 3 heteroatoms. The molecule has 0 fully saturated rings. The van der Waals surface area contributed by atoms with Gasteiger partial charge in [-0.15, -0.1) is 0 Å². The molecule has 1 aliphatic rings. The summed E-state index contributed by atoms with van der Waals surface area (Å²) >= 11 is 0. The third-order valence-electron chi connectivity index (χ3n) is 2.10. The lowest BCUT2D eigenvalue weighted by molar-refractivity contribution is 0.101. The van der Waals surface area contributed by atoms with E-state index in [-0.39, 0.29) is 12.6 Å². The number of hydrogen-bond donors (Lipinski definition) is 0. The molecule has 3 nitrogen and oxygen atoms in total. The molecule has 2 rings (SSSR count). The van der Waals surface area contributed by atoms with Gasteiger partial charge >= 0.3 is 0 Å². The van der Waals surface area contributed by atoms with E-state index >= 15 is 0 Å². The lowest BCUT2D eigenvalue weighted by Gasteiger charge is -2.05. The van der Waals surface area contributed by atoms with Crippen molar-refractivity contribution in [3.8, 4) is 11.5 Å². The fraction of sp³-hybridized carbons (Fsp3) is 0.300. The van der Waals surface area contributed by atoms with E-state index in [1.807, 2.05) is 19.1 Å². The Bertz CT molecular complexity index is 369. The van der Waals surface area contributed by atoms with Crippen LogP contribution < -0.4 is 9.47 Å². The predicted molar refractivity (Wildman–Crippen MR) is 47.3 cm³/mol. The maximum atomic E-state index is 11.3. The number of ketones is 1. The molecule has 0 saturated heterocycles. The second-order valence-corrected chi connectivity index (χ2v) is 3.05. The van der Waals surface area contributed by atoms with Gasteiger partial charge in [-0.1, -0.05) is 6.07 Å². The van der Waals surface area contributed by atoms with Crippen molar-refractivity contribution in [1.82, 2.24) is 0 Å². The molecule has 0 bridgehead atoms. The molecule has 0 aliphatic carbocycles. The van der Waals surface area contributed by atoms with Crippen molar-refractivity contribution in [2.75, 3.05) is 6.79 Å². The quantitative estimate of drug-likeness (QED) is 0.616. The van der Waals surface area contributed by atoms with Crippen LogP contribution in [-0.4, -0.2) is 12.6 Å². The average molecular weight is 178 g/mol. The van der Waals surface area contributed by atoms with Crippen molar-refractivity contribution in [1.29, 1.82) is 0 Å². The Kier molecular flexibility index (Phi) is 1.72. The highest BCUT2D eigenvalue weighted by Crippen LogP contribution is 2.37. The summed E-state index contributed by atoms with van der Waals surface area (Å²) in [5, 5.41) is 0. The van der Waals surface area contributed by atoms with Gasteiger partial charge in [-0.05, 0) is 25.5 Å². The minimum atomic E-state index is 0.0138. The number of rotatable bonds is 1. The summed E-state index contributed by atoms with van der Waals surface area (Å²) in [6.45, 7) is 3.63. The van der Waals surface area contributed by atoms with E-state index in [1.54, 1.807) is 0 Å². The van der Waals surface area contributed by atoms with E-state index in [4.69, 9.17) is 9.47 Å². The fourth-order valence-electron chi connectivity index (χ4n) is 1.51. The molecule has 68 valence electrons. The van der Waals surface area contributed by atoms with Crippen LogP contribution in [0.1, 0.15) is 22.8 Å². The topological polar surface area (TPSA) is 35.5 Å². The first-order chi connectivity index (χ1) is 6.20. The minimum Gasteiger partial charge on any atom is -0.454 e. The Morgan fingerprint density at radius 2 is 2.15 bits per heavy atom. The van der Waals surface area contributed by atoms with E-state index < -0.39 is 0 Å². The third kappa shape index (κ3) is 1.16. The zero-order chi connectivity index (χ0) is 9.42. The van der Waals surface area contributed by atoms with Gasteiger partial charge in [0.25, 0.3) is 0 Å². The Morgan fingerprint density at radius 1 is 1.38 bits per heavy atom. The summed E-state index contributed by atoms with van der Waals surface area (Å²) in [6, 6.07) is 3.69. The summed E-state index contributed by atoms with van der Waals surface area (Å²) < 4.78 is 10.4. The molecule has 0 spiro atoms. The molecule has 0 N–H and O–H groups in total. The van der Waals surface area contributed by atoms with Crippen LogP contribution >= 0.6 is 0 Å². The SMILES string of the molecule is CC(=O)c1c(C)ccc2c1OCO2. The standard InChI is InChI=1S/C10H10O3/c1-6-3-4-8-10(13-5-12-8)9(6)7(2)11/h3-4H,5H2,1-2H3. The van der Waals surface area contributed by atoms with Crippen molar-refractivity contribution in [2.24, 2.45) is 0 Å². The van der Waals surface area contributed by atoms with Gasteiger partial charge in [0.05, 0.1) is 5.56 Å². The number of benzene rings is 1. The van der Waals surface area contributed by atoms with Gasteiger partial charge in [-0.3, -0.25) is 4.79 Å². The minimum absolute atomic E-state index is 0.0138. The van der Waals surface area contributed by atoms with E-state index in [0.29, 0.717) is 17.1 Å². The van der Waals surface area contributed by atoms with E-state index in [2.05, 4.69) is 0 Å². The molecule has 1 aromatic carbocycles. The van der Waals surface area contributed by atoms with Crippen LogP contribution in [0.2, 0.25) is 0 Å². The highest BCUT2D eigenvalue weighted by molar-refractivity contribution is 5.99. The lowest BCUT2D eigenvalue weighted by Crippen LogP contribution is -1.99. The number of Topliss-reactive ketones (excluding diaryl/α,β-unsaturated/α-hetero) is 1. The van der Waals surface area contributed by atoms with Gasteiger partial charge < -0.3 is 9.47 Å². The molecule has 0 unspecified atom stereocenters. The zero-order valence-electron chi connectivity index (χ0n) is 7.59. The van der Waals surface area contributed by atoms with Gasteiger partial charge in [0.15, 0.2) is 17.3 Å². The normalized spacial score (nSPS) is 13.1. The first kappa shape index (κ1) is 8.10. The lowest BCUT2D eigenvalue weighted by atomic mass is 10.0. The number of aryl methyl sites for hydroxylation is 1. The van der Waals surface area contributed by atoms with Gasteiger partial charge in [0.1, 0.15) is 0 Å². The largest absolute Gasteiger partial charge is 0.454 e. The maximum Gasteiger partial charge on any atom is 0.231 e. The molecule has 0 saturated carbocycles. The first-order valence-electron chi connectivity index (χ1n) is 4.10. The number of fused-ring (bicyclic) bond motifs is 1. The van der Waals surface area contributed by atoms with Crippen molar-refractivity contribution in [3.05, 3.63) is 23.3 Å². The van der Waals surface area contributed by atoms with Crippen LogP contribution in [0.4, 0.5) is 0 Å². The average Bonchev–Trinajstić information content (AvgIpc) is 2.50. The van der Waals surface area contributed by atoms with Crippen LogP contribution in [0.5, 0.6) is 11.5 Å². The van der Waals surface area contributed by atoms with Crippen LogP contribution in [0.15, 0.2) is 12.1 Å². The number of hydrogen-bond acceptors (Lipinski definition) is 3. The van der Waals surface area contributed by atoms with Crippen molar-refractivity contribution >= 4 is 5.78 Å². The third-order valence-corrected chi connectivity index (χ3v) is 2.10. The molecule has 1 aliphatic heterocycles. The number of carbonyl (C=O) groups is 1. The molecule has 0 amide bonds. The summed E-state index contributed by atoms with van der Waals surface area (Å²) in [5.41, 5.74) is 1.56. The highest BCUT2D eigenvalue weighted by Gasteiger charge is 2.21. The summed E-state index contributed by atoms with van der Waals surface area (Å²) in [6.07, 6.45) is 0. The second kappa shape index (κ2) is 2.76. The molecular formula is C10H10O3.